The number of carbonyl (C=O) groups excluding carboxylic acids is 2. The molecule has 2 atom stereocenters. The Balaban J connectivity index is 2.92. The molecule has 1 N–H and O–H groups in total. The lowest BCUT2D eigenvalue weighted by molar-refractivity contribution is -0.127. The first-order chi connectivity index (χ1) is 10.7. The Kier molecular flexibility index (Phi) is 5.56. The number of hydrogen-bond donors (Lipinski definition) is 1. The summed E-state index contributed by atoms with van der Waals surface area (Å²) in [5.41, 5.74) is -2.60. The second kappa shape index (κ2) is 6.60. The van der Waals surface area contributed by atoms with Crippen molar-refractivity contribution in [1.82, 2.24) is 10.2 Å². The van der Waals surface area contributed by atoms with Crippen LogP contribution in [0.15, 0.2) is 0 Å². The van der Waals surface area contributed by atoms with E-state index in [2.05, 4.69) is 5.32 Å². The fourth-order valence-corrected chi connectivity index (χ4v) is 2.59. The van der Waals surface area contributed by atoms with Crippen LogP contribution in [0.3, 0.4) is 0 Å². The standard InChI is InChI=1S/C17H29N3O4/c1-11-12(9-19-13(21)16(5,6)10-18)20(17(7,8)23-11)14(22)24-15(2,3)4/h11-12H,9H2,1-8H3,(H,19,21)/t11-,12-/m1/s1. The van der Waals surface area contributed by atoms with Gasteiger partial charge >= 0.3 is 6.09 Å². The molecule has 2 amide bonds. The second-order valence-corrected chi connectivity index (χ2v) is 8.13. The maximum atomic E-state index is 12.6. The van der Waals surface area contributed by atoms with E-state index in [4.69, 9.17) is 14.7 Å². The number of rotatable bonds is 3. The third kappa shape index (κ3) is 4.60. The molecule has 1 aliphatic rings. The van der Waals surface area contributed by atoms with Gasteiger partial charge in [-0.1, -0.05) is 0 Å². The van der Waals surface area contributed by atoms with Crippen molar-refractivity contribution in [2.45, 2.75) is 78.9 Å². The van der Waals surface area contributed by atoms with Gasteiger partial charge in [0.15, 0.2) is 0 Å². The maximum Gasteiger partial charge on any atom is 0.412 e. The highest BCUT2D eigenvalue weighted by molar-refractivity contribution is 5.84. The molecule has 1 saturated heterocycles. The van der Waals surface area contributed by atoms with Gasteiger partial charge in [0.2, 0.25) is 5.91 Å². The molecule has 1 aliphatic heterocycles. The third-order valence-electron chi connectivity index (χ3n) is 3.84. The number of amides is 2. The number of nitrogens with zero attached hydrogens (tertiary/aromatic N) is 2. The summed E-state index contributed by atoms with van der Waals surface area (Å²) in [5.74, 6) is -0.383. The Morgan fingerprint density at radius 3 is 2.29 bits per heavy atom. The minimum atomic E-state index is -1.13. The van der Waals surface area contributed by atoms with Crippen molar-refractivity contribution in [3.63, 3.8) is 0 Å². The molecule has 1 heterocycles. The van der Waals surface area contributed by atoms with Crippen molar-refractivity contribution in [3.05, 3.63) is 0 Å². The van der Waals surface area contributed by atoms with Crippen molar-refractivity contribution in [1.29, 1.82) is 5.26 Å². The summed E-state index contributed by atoms with van der Waals surface area (Å²) >= 11 is 0. The Morgan fingerprint density at radius 1 is 1.29 bits per heavy atom. The largest absolute Gasteiger partial charge is 0.444 e. The van der Waals surface area contributed by atoms with Gasteiger partial charge < -0.3 is 14.8 Å². The van der Waals surface area contributed by atoms with Crippen molar-refractivity contribution < 1.29 is 19.1 Å². The molecular weight excluding hydrogens is 310 g/mol. The highest BCUT2D eigenvalue weighted by Gasteiger charge is 2.49. The smallest absolute Gasteiger partial charge is 0.412 e. The second-order valence-electron chi connectivity index (χ2n) is 8.13. The summed E-state index contributed by atoms with van der Waals surface area (Å²) in [6.45, 7) is 14.1. The van der Waals surface area contributed by atoms with Gasteiger partial charge in [-0.15, -0.1) is 0 Å². The molecule has 1 fully saturated rings. The highest BCUT2D eigenvalue weighted by Crippen LogP contribution is 2.33. The minimum absolute atomic E-state index is 0.188. The Morgan fingerprint density at radius 2 is 1.83 bits per heavy atom. The molecular formula is C17H29N3O4. The van der Waals surface area contributed by atoms with Gasteiger partial charge in [0.25, 0.3) is 0 Å². The Hall–Kier alpha value is -1.81. The van der Waals surface area contributed by atoms with Crippen LogP contribution in [-0.4, -0.2) is 46.9 Å². The molecule has 0 radical (unpaired) electrons. The van der Waals surface area contributed by atoms with Crippen LogP contribution in [0.25, 0.3) is 0 Å². The lowest BCUT2D eigenvalue weighted by Crippen LogP contribution is -2.54. The summed E-state index contributed by atoms with van der Waals surface area (Å²) in [4.78, 5) is 26.2. The molecule has 7 nitrogen and oxygen atoms in total. The zero-order chi connectivity index (χ0) is 18.9. The van der Waals surface area contributed by atoms with Gasteiger partial charge in [-0.3, -0.25) is 9.69 Å². The lowest BCUT2D eigenvalue weighted by atomic mass is 9.94. The molecule has 0 aromatic heterocycles. The summed E-state index contributed by atoms with van der Waals surface area (Å²) in [6, 6.07) is 1.58. The molecule has 0 bridgehead atoms. The van der Waals surface area contributed by atoms with E-state index in [1.165, 1.54) is 4.90 Å². The van der Waals surface area contributed by atoms with E-state index in [-0.39, 0.29) is 24.6 Å². The van der Waals surface area contributed by atoms with Crippen molar-refractivity contribution in [2.24, 2.45) is 5.41 Å². The predicted octanol–water partition coefficient (Wildman–Crippen LogP) is 2.41. The fraction of sp³-hybridized carbons (Fsp3) is 0.824. The summed E-state index contributed by atoms with van der Waals surface area (Å²) in [7, 11) is 0. The zero-order valence-electron chi connectivity index (χ0n) is 15.9. The molecule has 0 unspecified atom stereocenters. The first-order valence-electron chi connectivity index (χ1n) is 8.11. The van der Waals surface area contributed by atoms with Crippen LogP contribution in [0.1, 0.15) is 55.4 Å². The normalized spacial score (nSPS) is 23.5. The van der Waals surface area contributed by atoms with Gasteiger partial charge in [-0.05, 0) is 55.4 Å². The molecule has 24 heavy (non-hydrogen) atoms. The van der Waals surface area contributed by atoms with Gasteiger partial charge in [0.05, 0.1) is 18.2 Å². The molecule has 0 spiro atoms. The Labute approximate surface area is 144 Å². The van der Waals surface area contributed by atoms with Crippen LogP contribution in [0.2, 0.25) is 0 Å². The average Bonchev–Trinajstić information content (AvgIpc) is 2.62. The van der Waals surface area contributed by atoms with Crippen molar-refractivity contribution in [3.8, 4) is 6.07 Å². The van der Waals surface area contributed by atoms with Crippen LogP contribution < -0.4 is 5.32 Å². The van der Waals surface area contributed by atoms with E-state index < -0.39 is 22.8 Å². The number of hydrogen-bond acceptors (Lipinski definition) is 5. The van der Waals surface area contributed by atoms with Crippen LogP contribution in [0, 0.1) is 16.7 Å². The van der Waals surface area contributed by atoms with Gasteiger partial charge in [-0.2, -0.15) is 5.26 Å². The van der Waals surface area contributed by atoms with E-state index >= 15 is 0 Å². The van der Waals surface area contributed by atoms with Crippen LogP contribution >= 0.6 is 0 Å². The summed E-state index contributed by atoms with van der Waals surface area (Å²) in [6.07, 6.45) is -0.770. The van der Waals surface area contributed by atoms with E-state index in [9.17, 15) is 9.59 Å². The third-order valence-corrected chi connectivity index (χ3v) is 3.84. The predicted molar refractivity (Wildman–Crippen MR) is 88.9 cm³/mol. The number of nitriles is 1. The molecule has 0 saturated carbocycles. The van der Waals surface area contributed by atoms with Crippen LogP contribution in [0.4, 0.5) is 4.79 Å². The number of ether oxygens (including phenoxy) is 2. The van der Waals surface area contributed by atoms with E-state index in [1.54, 1.807) is 48.5 Å². The zero-order valence-corrected chi connectivity index (χ0v) is 15.9. The monoisotopic (exact) mass is 339 g/mol. The minimum Gasteiger partial charge on any atom is -0.444 e. The molecule has 7 heteroatoms. The summed E-state index contributed by atoms with van der Waals surface area (Å²) in [5, 5.41) is 11.8. The van der Waals surface area contributed by atoms with E-state index in [0.717, 1.165) is 0 Å². The fourth-order valence-electron chi connectivity index (χ4n) is 2.59. The molecule has 136 valence electrons. The van der Waals surface area contributed by atoms with E-state index in [1.807, 2.05) is 13.0 Å². The maximum absolute atomic E-state index is 12.6. The number of nitrogens with one attached hydrogen (secondary N) is 1. The van der Waals surface area contributed by atoms with Crippen LogP contribution in [0.5, 0.6) is 0 Å². The first-order valence-corrected chi connectivity index (χ1v) is 8.11. The van der Waals surface area contributed by atoms with E-state index in [0.29, 0.717) is 0 Å². The quantitative estimate of drug-likeness (QED) is 0.852. The lowest BCUT2D eigenvalue weighted by Gasteiger charge is -2.35. The SMILES string of the molecule is C[C@H]1OC(C)(C)N(C(=O)OC(C)(C)C)[C@@H]1CNC(=O)C(C)(C)C#N. The Bertz CT molecular complexity index is 543. The summed E-state index contributed by atoms with van der Waals surface area (Å²) < 4.78 is 11.3. The molecule has 0 aliphatic carbocycles. The van der Waals surface area contributed by atoms with Gasteiger partial charge in [-0.25, -0.2) is 4.79 Å². The van der Waals surface area contributed by atoms with Gasteiger partial charge in [0.1, 0.15) is 16.7 Å². The van der Waals surface area contributed by atoms with Crippen molar-refractivity contribution in [2.75, 3.05) is 6.54 Å². The van der Waals surface area contributed by atoms with Gasteiger partial charge in [0, 0.05) is 6.54 Å². The first kappa shape index (κ1) is 20.2. The highest BCUT2D eigenvalue weighted by atomic mass is 16.6. The number of carbonyl (C=O) groups is 2. The molecule has 0 aromatic rings. The molecule has 0 aromatic carbocycles. The average molecular weight is 339 g/mol. The van der Waals surface area contributed by atoms with Crippen LogP contribution in [-0.2, 0) is 14.3 Å². The topological polar surface area (TPSA) is 91.7 Å². The molecule has 1 rings (SSSR count). The van der Waals surface area contributed by atoms with Crippen molar-refractivity contribution >= 4 is 12.0 Å².